The van der Waals surface area contributed by atoms with Gasteiger partial charge in [-0.05, 0) is 12.5 Å². The molecular formula is C10H10F6N2O. The quantitative estimate of drug-likeness (QED) is 0.682. The van der Waals surface area contributed by atoms with Gasteiger partial charge in [0.05, 0.1) is 12.2 Å². The summed E-state index contributed by atoms with van der Waals surface area (Å²) in [7, 11) is 0. The minimum atomic E-state index is -4.62. The molecule has 1 heterocycles. The maximum absolute atomic E-state index is 12.4. The van der Waals surface area contributed by atoms with Crippen molar-refractivity contribution in [1.29, 1.82) is 0 Å². The molecule has 0 aromatic carbocycles. The smallest absolute Gasteiger partial charge is 0.416 e. The van der Waals surface area contributed by atoms with Gasteiger partial charge in [0.15, 0.2) is 0 Å². The van der Waals surface area contributed by atoms with E-state index < -0.39 is 42.6 Å². The zero-order valence-corrected chi connectivity index (χ0v) is 9.48. The highest BCUT2D eigenvalue weighted by Crippen LogP contribution is 2.32. The van der Waals surface area contributed by atoms with Crippen LogP contribution in [0, 0.1) is 0 Å². The minimum Gasteiger partial charge on any atom is -0.478 e. The molecule has 1 rings (SSSR count). The van der Waals surface area contributed by atoms with Crippen molar-refractivity contribution in [1.82, 2.24) is 4.98 Å². The van der Waals surface area contributed by atoms with Gasteiger partial charge < -0.3 is 10.5 Å². The van der Waals surface area contributed by atoms with E-state index in [0.29, 0.717) is 12.1 Å². The summed E-state index contributed by atoms with van der Waals surface area (Å²) >= 11 is 0. The normalized spacial score (nSPS) is 12.5. The molecular weight excluding hydrogens is 278 g/mol. The summed E-state index contributed by atoms with van der Waals surface area (Å²) in [5, 5.41) is 0. The zero-order chi connectivity index (χ0) is 14.7. The van der Waals surface area contributed by atoms with Gasteiger partial charge in [-0.3, -0.25) is 0 Å². The van der Waals surface area contributed by atoms with Gasteiger partial charge in [0.25, 0.3) is 0 Å². The van der Waals surface area contributed by atoms with Crippen LogP contribution in [0.1, 0.15) is 18.4 Å². The lowest BCUT2D eigenvalue weighted by molar-refractivity contribution is -0.137. The van der Waals surface area contributed by atoms with E-state index in [4.69, 9.17) is 10.5 Å². The van der Waals surface area contributed by atoms with Crippen molar-refractivity contribution in [3.63, 3.8) is 0 Å². The first kappa shape index (κ1) is 15.4. The van der Waals surface area contributed by atoms with Crippen molar-refractivity contribution in [2.45, 2.75) is 25.2 Å². The highest BCUT2D eigenvalue weighted by atomic mass is 19.4. The number of nitrogens with two attached hydrogens (primary N) is 1. The number of anilines is 1. The Kier molecular flexibility index (Phi) is 4.48. The monoisotopic (exact) mass is 288 g/mol. The Hall–Kier alpha value is -1.67. The number of hydrogen-bond acceptors (Lipinski definition) is 3. The van der Waals surface area contributed by atoms with Gasteiger partial charge >= 0.3 is 12.4 Å². The molecule has 0 unspecified atom stereocenters. The van der Waals surface area contributed by atoms with E-state index in [2.05, 4.69) is 4.98 Å². The van der Waals surface area contributed by atoms with E-state index in [1.807, 2.05) is 0 Å². The van der Waals surface area contributed by atoms with Crippen LogP contribution in [0.2, 0.25) is 0 Å². The van der Waals surface area contributed by atoms with Crippen molar-refractivity contribution in [2.75, 3.05) is 12.3 Å². The molecule has 0 aliphatic carbocycles. The zero-order valence-electron chi connectivity index (χ0n) is 9.48. The summed E-state index contributed by atoms with van der Waals surface area (Å²) in [4.78, 5) is 3.46. The van der Waals surface area contributed by atoms with Crippen LogP contribution in [-0.4, -0.2) is 17.8 Å². The fraction of sp³-hybridized carbons (Fsp3) is 0.500. The predicted molar refractivity (Wildman–Crippen MR) is 54.4 cm³/mol. The van der Waals surface area contributed by atoms with Crippen molar-refractivity contribution in [3.05, 3.63) is 17.7 Å². The number of pyridine rings is 1. The molecule has 0 atom stereocenters. The van der Waals surface area contributed by atoms with Crippen LogP contribution in [0.4, 0.5) is 32.2 Å². The molecule has 0 spiro atoms. The third-order valence-electron chi connectivity index (χ3n) is 2.00. The highest BCUT2D eigenvalue weighted by molar-refractivity contribution is 5.38. The van der Waals surface area contributed by atoms with Crippen molar-refractivity contribution >= 4 is 5.82 Å². The van der Waals surface area contributed by atoms with Gasteiger partial charge in [-0.25, -0.2) is 0 Å². The Labute approximate surface area is 104 Å². The summed E-state index contributed by atoms with van der Waals surface area (Å²) in [5.41, 5.74) is 4.09. The van der Waals surface area contributed by atoms with Crippen LogP contribution in [0.15, 0.2) is 12.1 Å². The Bertz CT molecular complexity index is 429. The number of nitrogens with zero attached hydrogens (tertiary/aromatic N) is 1. The molecule has 2 N–H and O–H groups in total. The molecule has 0 saturated carbocycles. The van der Waals surface area contributed by atoms with E-state index in [0.717, 1.165) is 0 Å². The van der Waals surface area contributed by atoms with E-state index in [-0.39, 0.29) is 6.42 Å². The Morgan fingerprint density at radius 2 is 1.74 bits per heavy atom. The molecule has 108 valence electrons. The lowest BCUT2D eigenvalue weighted by atomic mass is 10.2. The number of alkyl halides is 6. The Morgan fingerprint density at radius 1 is 1.11 bits per heavy atom. The van der Waals surface area contributed by atoms with Crippen molar-refractivity contribution < 1.29 is 31.1 Å². The van der Waals surface area contributed by atoms with Crippen LogP contribution < -0.4 is 10.5 Å². The molecule has 0 amide bonds. The second-order valence-corrected chi connectivity index (χ2v) is 3.68. The summed E-state index contributed by atoms with van der Waals surface area (Å²) < 4.78 is 77.4. The predicted octanol–water partition coefficient (Wildman–Crippen LogP) is 3.40. The lowest BCUT2D eigenvalue weighted by Gasteiger charge is -2.11. The van der Waals surface area contributed by atoms with Gasteiger partial charge in [-0.1, -0.05) is 0 Å². The van der Waals surface area contributed by atoms with Crippen LogP contribution >= 0.6 is 0 Å². The molecule has 1 aromatic rings. The molecule has 9 heteroatoms. The maximum atomic E-state index is 12.4. The first-order valence-electron chi connectivity index (χ1n) is 5.12. The summed E-state index contributed by atoms with van der Waals surface area (Å²) in [6.07, 6.45) is -10.4. The number of nitrogen functional groups attached to an aromatic ring is 1. The van der Waals surface area contributed by atoms with Gasteiger partial charge in [0.2, 0.25) is 5.88 Å². The molecule has 0 bridgehead atoms. The third kappa shape index (κ3) is 5.66. The van der Waals surface area contributed by atoms with Gasteiger partial charge in [0.1, 0.15) is 5.82 Å². The number of ether oxygens (including phenoxy) is 1. The maximum Gasteiger partial charge on any atom is 0.416 e. The van der Waals surface area contributed by atoms with E-state index in [1.54, 1.807) is 0 Å². The molecule has 0 aliphatic rings. The molecule has 0 aliphatic heterocycles. The molecule has 1 aromatic heterocycles. The lowest BCUT2D eigenvalue weighted by Crippen LogP contribution is -2.11. The van der Waals surface area contributed by atoms with Crippen molar-refractivity contribution in [2.24, 2.45) is 0 Å². The van der Waals surface area contributed by atoms with Gasteiger partial charge in [-0.2, -0.15) is 31.3 Å². The Morgan fingerprint density at radius 3 is 2.26 bits per heavy atom. The van der Waals surface area contributed by atoms with E-state index in [9.17, 15) is 26.3 Å². The number of aromatic nitrogens is 1. The topological polar surface area (TPSA) is 48.1 Å². The second-order valence-electron chi connectivity index (χ2n) is 3.68. The second kappa shape index (κ2) is 5.54. The highest BCUT2D eigenvalue weighted by Gasteiger charge is 2.32. The van der Waals surface area contributed by atoms with Crippen LogP contribution in [0.3, 0.4) is 0 Å². The molecule has 0 saturated heterocycles. The molecule has 0 radical (unpaired) electrons. The molecule has 19 heavy (non-hydrogen) atoms. The fourth-order valence-electron chi connectivity index (χ4n) is 1.21. The summed E-state index contributed by atoms with van der Waals surface area (Å²) in [5.74, 6) is -0.866. The largest absolute Gasteiger partial charge is 0.478 e. The standard InChI is InChI=1S/C10H10F6N2O/c11-9(12,13)2-1-3-19-8-5-6(10(14,15)16)4-7(17)18-8/h4-5H,1-3H2,(H2,17,18). The van der Waals surface area contributed by atoms with Crippen molar-refractivity contribution in [3.8, 4) is 5.88 Å². The Balaban J connectivity index is 2.62. The van der Waals surface area contributed by atoms with Crippen LogP contribution in [0.25, 0.3) is 0 Å². The van der Waals surface area contributed by atoms with Gasteiger partial charge in [-0.15, -0.1) is 0 Å². The average molecular weight is 288 g/mol. The fourth-order valence-corrected chi connectivity index (χ4v) is 1.21. The number of hydrogen-bond donors (Lipinski definition) is 1. The molecule has 3 nitrogen and oxygen atoms in total. The van der Waals surface area contributed by atoms with Crippen LogP contribution in [-0.2, 0) is 6.18 Å². The average Bonchev–Trinajstić information content (AvgIpc) is 2.21. The summed E-state index contributed by atoms with van der Waals surface area (Å²) in [6.45, 7) is -0.396. The van der Waals surface area contributed by atoms with E-state index >= 15 is 0 Å². The summed E-state index contributed by atoms with van der Waals surface area (Å²) in [6, 6.07) is 1.20. The first-order chi connectivity index (χ1) is 8.58. The van der Waals surface area contributed by atoms with E-state index in [1.165, 1.54) is 0 Å². The number of rotatable bonds is 4. The molecule has 0 fully saturated rings. The third-order valence-corrected chi connectivity index (χ3v) is 2.00. The first-order valence-corrected chi connectivity index (χ1v) is 5.12. The van der Waals surface area contributed by atoms with Crippen LogP contribution in [0.5, 0.6) is 5.88 Å². The minimum absolute atomic E-state index is 0.374. The SMILES string of the molecule is Nc1cc(C(F)(F)F)cc(OCCCC(F)(F)F)n1. The van der Waals surface area contributed by atoms with Gasteiger partial charge in [0, 0.05) is 12.5 Å². The number of halogens is 6.